The first-order valence-corrected chi connectivity index (χ1v) is 7.61. The van der Waals surface area contributed by atoms with Crippen LogP contribution in [0.3, 0.4) is 0 Å². The van der Waals surface area contributed by atoms with Crippen LogP contribution in [0.1, 0.15) is 67.2 Å². The zero-order chi connectivity index (χ0) is 15.5. The number of hydrogen-bond acceptors (Lipinski definition) is 2. The molecule has 0 rings (SSSR count). The van der Waals surface area contributed by atoms with Crippen molar-refractivity contribution in [1.82, 2.24) is 0 Å². The summed E-state index contributed by atoms with van der Waals surface area (Å²) < 4.78 is 5.28. The molecule has 2 nitrogen and oxygen atoms in total. The van der Waals surface area contributed by atoms with E-state index in [1.165, 1.54) is 16.7 Å². The molecule has 0 aliphatic carbocycles. The highest BCUT2D eigenvalue weighted by molar-refractivity contribution is 5.06. The predicted octanol–water partition coefficient (Wildman–Crippen LogP) is 5.15. The Kier molecular flexibility index (Phi) is 10.4. The molecular weight excluding hydrogens is 248 g/mol. The fraction of sp³-hybridized carbons (Fsp3) is 0.667. The summed E-state index contributed by atoms with van der Waals surface area (Å²) in [7, 11) is 0. The van der Waals surface area contributed by atoms with E-state index in [1.54, 1.807) is 6.08 Å². The van der Waals surface area contributed by atoms with E-state index in [4.69, 9.17) is 4.74 Å². The lowest BCUT2D eigenvalue weighted by Crippen LogP contribution is -2.14. The maximum atomic E-state index is 9.65. The Bertz CT molecular complexity index is 344. The summed E-state index contributed by atoms with van der Waals surface area (Å²) in [4.78, 5) is 0. The Balaban J connectivity index is 4.02. The van der Waals surface area contributed by atoms with Gasteiger partial charge in [0.05, 0.1) is 6.10 Å². The minimum Gasteiger partial charge on any atom is -0.365 e. The smallest absolute Gasteiger partial charge is 0.174 e. The standard InChI is InChI=1S/C18H32O2/c1-14(2)9-7-10-16(5)11-8-12-17(6)13-18(19)20-15(3)4/h9,11,13,15,18-19H,7-8,10,12H2,1-6H3. The molecule has 0 amide bonds. The summed E-state index contributed by atoms with van der Waals surface area (Å²) in [6.07, 6.45) is 9.90. The van der Waals surface area contributed by atoms with Gasteiger partial charge in [0, 0.05) is 0 Å². The van der Waals surface area contributed by atoms with Crippen LogP contribution in [0.4, 0.5) is 0 Å². The molecule has 0 saturated heterocycles. The molecule has 1 atom stereocenters. The molecule has 0 aromatic rings. The molecule has 1 N–H and O–H groups in total. The second-order valence-electron chi connectivity index (χ2n) is 6.00. The van der Waals surface area contributed by atoms with Crippen LogP contribution in [-0.4, -0.2) is 17.5 Å². The second kappa shape index (κ2) is 10.9. The highest BCUT2D eigenvalue weighted by atomic mass is 16.6. The third kappa shape index (κ3) is 12.2. The zero-order valence-corrected chi connectivity index (χ0v) is 14.1. The van der Waals surface area contributed by atoms with E-state index >= 15 is 0 Å². The SMILES string of the molecule is CC(C)=CCCC(C)=CCCC(C)=CC(O)OC(C)C. The normalized spacial score (nSPS) is 14.6. The summed E-state index contributed by atoms with van der Waals surface area (Å²) in [6.45, 7) is 12.3. The quantitative estimate of drug-likeness (QED) is 0.467. The van der Waals surface area contributed by atoms with E-state index < -0.39 is 6.29 Å². The molecule has 20 heavy (non-hydrogen) atoms. The van der Waals surface area contributed by atoms with Crippen molar-refractivity contribution in [3.05, 3.63) is 34.9 Å². The topological polar surface area (TPSA) is 29.5 Å². The lowest BCUT2D eigenvalue weighted by molar-refractivity contribution is -0.0929. The fourth-order valence-electron chi connectivity index (χ4n) is 1.88. The van der Waals surface area contributed by atoms with E-state index in [1.807, 2.05) is 20.8 Å². The first-order valence-electron chi connectivity index (χ1n) is 7.61. The van der Waals surface area contributed by atoms with Crippen molar-refractivity contribution in [2.45, 2.75) is 79.6 Å². The molecule has 0 fully saturated rings. The molecule has 0 aromatic carbocycles. The van der Waals surface area contributed by atoms with Crippen molar-refractivity contribution in [2.75, 3.05) is 0 Å². The summed E-state index contributed by atoms with van der Waals surface area (Å²) in [5.74, 6) is 0. The van der Waals surface area contributed by atoms with Crippen molar-refractivity contribution < 1.29 is 9.84 Å². The Morgan fingerprint density at radius 1 is 0.950 bits per heavy atom. The molecule has 0 aromatic heterocycles. The zero-order valence-electron chi connectivity index (χ0n) is 14.1. The van der Waals surface area contributed by atoms with Gasteiger partial charge in [-0.05, 0) is 73.3 Å². The maximum absolute atomic E-state index is 9.65. The number of hydrogen-bond donors (Lipinski definition) is 1. The van der Waals surface area contributed by atoms with Gasteiger partial charge in [-0.1, -0.05) is 28.9 Å². The molecule has 0 heterocycles. The summed E-state index contributed by atoms with van der Waals surface area (Å²) in [5.41, 5.74) is 4.00. The lowest BCUT2D eigenvalue weighted by Gasteiger charge is -2.12. The molecule has 0 spiro atoms. The molecule has 0 bridgehead atoms. The number of aliphatic hydroxyl groups is 1. The van der Waals surface area contributed by atoms with Crippen LogP contribution >= 0.6 is 0 Å². The van der Waals surface area contributed by atoms with Gasteiger partial charge in [0.2, 0.25) is 0 Å². The van der Waals surface area contributed by atoms with Gasteiger partial charge in [0.25, 0.3) is 0 Å². The monoisotopic (exact) mass is 280 g/mol. The largest absolute Gasteiger partial charge is 0.365 e. The van der Waals surface area contributed by atoms with Crippen LogP contribution in [0, 0.1) is 0 Å². The molecule has 116 valence electrons. The van der Waals surface area contributed by atoms with E-state index in [9.17, 15) is 5.11 Å². The fourth-order valence-corrected chi connectivity index (χ4v) is 1.88. The van der Waals surface area contributed by atoms with Gasteiger partial charge >= 0.3 is 0 Å². The Labute approximate surface area is 125 Å². The average molecular weight is 280 g/mol. The van der Waals surface area contributed by atoms with E-state index in [0.29, 0.717) is 0 Å². The average Bonchev–Trinajstić information content (AvgIpc) is 2.26. The van der Waals surface area contributed by atoms with E-state index in [-0.39, 0.29) is 6.10 Å². The highest BCUT2D eigenvalue weighted by Crippen LogP contribution is 2.12. The molecular formula is C18H32O2. The van der Waals surface area contributed by atoms with Gasteiger partial charge in [0.1, 0.15) is 0 Å². The second-order valence-corrected chi connectivity index (χ2v) is 6.00. The summed E-state index contributed by atoms with van der Waals surface area (Å²) in [6, 6.07) is 0. The van der Waals surface area contributed by atoms with Crippen LogP contribution in [0.2, 0.25) is 0 Å². The van der Waals surface area contributed by atoms with Gasteiger partial charge in [-0.3, -0.25) is 0 Å². The first-order chi connectivity index (χ1) is 9.31. The van der Waals surface area contributed by atoms with Crippen LogP contribution in [0.5, 0.6) is 0 Å². The number of aliphatic hydroxyl groups excluding tert-OH is 1. The van der Waals surface area contributed by atoms with Crippen LogP contribution in [0.15, 0.2) is 34.9 Å². The van der Waals surface area contributed by atoms with Gasteiger partial charge in [-0.25, -0.2) is 0 Å². The third-order valence-electron chi connectivity index (χ3n) is 2.96. The van der Waals surface area contributed by atoms with Gasteiger partial charge in [-0.2, -0.15) is 0 Å². The molecule has 2 heteroatoms. The molecule has 0 aliphatic rings. The molecule has 1 unspecified atom stereocenters. The van der Waals surface area contributed by atoms with E-state index in [0.717, 1.165) is 25.7 Å². The third-order valence-corrected chi connectivity index (χ3v) is 2.96. The number of allylic oxidation sites excluding steroid dienone is 5. The predicted molar refractivity (Wildman–Crippen MR) is 87.6 cm³/mol. The van der Waals surface area contributed by atoms with Crippen LogP contribution in [-0.2, 0) is 4.74 Å². The van der Waals surface area contributed by atoms with Crippen LogP contribution < -0.4 is 0 Å². The van der Waals surface area contributed by atoms with Crippen molar-refractivity contribution in [3.63, 3.8) is 0 Å². The number of ether oxygens (including phenoxy) is 1. The minimum absolute atomic E-state index is 0.0475. The maximum Gasteiger partial charge on any atom is 0.174 e. The number of rotatable bonds is 9. The van der Waals surface area contributed by atoms with Crippen molar-refractivity contribution >= 4 is 0 Å². The molecule has 0 radical (unpaired) electrons. The van der Waals surface area contributed by atoms with Crippen molar-refractivity contribution in [2.24, 2.45) is 0 Å². The Morgan fingerprint density at radius 2 is 1.50 bits per heavy atom. The summed E-state index contributed by atoms with van der Waals surface area (Å²) in [5, 5.41) is 9.65. The van der Waals surface area contributed by atoms with E-state index in [2.05, 4.69) is 32.9 Å². The van der Waals surface area contributed by atoms with Gasteiger partial charge in [-0.15, -0.1) is 0 Å². The van der Waals surface area contributed by atoms with Crippen LogP contribution in [0.25, 0.3) is 0 Å². The Morgan fingerprint density at radius 3 is 2.05 bits per heavy atom. The highest BCUT2D eigenvalue weighted by Gasteiger charge is 2.03. The lowest BCUT2D eigenvalue weighted by atomic mass is 10.1. The van der Waals surface area contributed by atoms with Gasteiger partial charge < -0.3 is 9.84 Å². The molecule has 0 saturated carbocycles. The Hall–Kier alpha value is -0.860. The minimum atomic E-state index is -0.780. The van der Waals surface area contributed by atoms with Crippen molar-refractivity contribution in [1.29, 1.82) is 0 Å². The summed E-state index contributed by atoms with van der Waals surface area (Å²) >= 11 is 0. The molecule has 0 aliphatic heterocycles. The van der Waals surface area contributed by atoms with Crippen molar-refractivity contribution in [3.8, 4) is 0 Å². The first kappa shape index (κ1) is 19.1. The van der Waals surface area contributed by atoms with Gasteiger partial charge in [0.15, 0.2) is 6.29 Å².